The molecule has 0 bridgehead atoms. The Hall–Kier alpha value is -3.33. The maximum Gasteiger partial charge on any atom is 0.286 e. The van der Waals surface area contributed by atoms with Crippen LogP contribution in [0.1, 0.15) is 36.7 Å². The molecule has 0 aliphatic rings. The average molecular weight is 325 g/mol. The van der Waals surface area contributed by atoms with E-state index >= 15 is 0 Å². The first-order chi connectivity index (χ1) is 11.5. The first-order valence-corrected chi connectivity index (χ1v) is 7.37. The van der Waals surface area contributed by atoms with Crippen LogP contribution in [0, 0.1) is 11.3 Å². The van der Waals surface area contributed by atoms with Crippen molar-refractivity contribution in [2.75, 3.05) is 0 Å². The van der Waals surface area contributed by atoms with E-state index in [9.17, 15) is 15.2 Å². The summed E-state index contributed by atoms with van der Waals surface area (Å²) in [6.45, 7) is 5.45. The minimum absolute atomic E-state index is 0.0393. The van der Waals surface area contributed by atoms with E-state index in [2.05, 4.69) is 4.99 Å². The summed E-state index contributed by atoms with van der Waals surface area (Å²) in [6, 6.07) is 13.1. The van der Waals surface area contributed by atoms with E-state index < -0.39 is 5.91 Å². The summed E-state index contributed by atoms with van der Waals surface area (Å²) in [5.74, 6) is -0.700. The molecule has 0 spiro atoms. The normalized spacial score (nSPS) is 10.2. The summed E-state index contributed by atoms with van der Waals surface area (Å²) in [6.07, 6.45) is 0. The van der Waals surface area contributed by atoms with Crippen LogP contribution in [0.5, 0.6) is 17.2 Å². The highest BCUT2D eigenvalue weighted by Crippen LogP contribution is 2.35. The number of carbonyl (C=O) groups excluding carboxylic acids is 1. The number of nitrogens with two attached hydrogens (primary N) is 1. The third-order valence-corrected chi connectivity index (χ3v) is 2.71. The molecule has 0 saturated carbocycles. The van der Waals surface area contributed by atoms with Gasteiger partial charge in [0.15, 0.2) is 5.75 Å². The van der Waals surface area contributed by atoms with Crippen LogP contribution < -0.4 is 10.5 Å². The molecule has 3 N–H and O–H groups in total. The quantitative estimate of drug-likeness (QED) is 0.662. The SMILES string of the molecule is CC.CC(N)=NC(=O)c1c(O)ccc(C#N)c1Oc1ccccc1. The largest absolute Gasteiger partial charge is 0.507 e. The number of benzene rings is 2. The van der Waals surface area contributed by atoms with Crippen molar-refractivity contribution in [2.45, 2.75) is 20.8 Å². The summed E-state index contributed by atoms with van der Waals surface area (Å²) >= 11 is 0. The fraction of sp³-hybridized carbons (Fsp3) is 0.167. The Labute approximate surface area is 140 Å². The molecule has 6 heteroatoms. The third kappa shape index (κ3) is 4.58. The van der Waals surface area contributed by atoms with Crippen LogP contribution in [0.15, 0.2) is 47.5 Å². The first kappa shape index (κ1) is 18.7. The summed E-state index contributed by atoms with van der Waals surface area (Å²) in [4.78, 5) is 15.7. The first-order valence-electron chi connectivity index (χ1n) is 7.37. The van der Waals surface area contributed by atoms with Crippen LogP contribution in [0.25, 0.3) is 0 Å². The second-order valence-electron chi connectivity index (χ2n) is 4.42. The number of nitriles is 1. The maximum absolute atomic E-state index is 12.1. The summed E-state index contributed by atoms with van der Waals surface area (Å²) in [5, 5.41) is 19.1. The zero-order chi connectivity index (χ0) is 18.1. The Kier molecular flexibility index (Phi) is 6.98. The van der Waals surface area contributed by atoms with Crippen molar-refractivity contribution in [3.8, 4) is 23.3 Å². The number of amides is 1. The van der Waals surface area contributed by atoms with Gasteiger partial charge in [0, 0.05) is 0 Å². The van der Waals surface area contributed by atoms with Crippen molar-refractivity contribution < 1.29 is 14.6 Å². The number of aliphatic imine (C=N–C) groups is 1. The molecule has 2 rings (SSSR count). The van der Waals surface area contributed by atoms with Crippen LogP contribution in [0.3, 0.4) is 0 Å². The highest BCUT2D eigenvalue weighted by Gasteiger charge is 2.22. The van der Waals surface area contributed by atoms with Gasteiger partial charge >= 0.3 is 0 Å². The molecule has 0 atom stereocenters. The molecule has 0 saturated heterocycles. The van der Waals surface area contributed by atoms with Gasteiger partial charge in [-0.15, -0.1) is 0 Å². The molecule has 0 unspecified atom stereocenters. The summed E-state index contributed by atoms with van der Waals surface area (Å²) in [5.41, 5.74) is 5.30. The molecule has 0 fully saturated rings. The number of ether oxygens (including phenoxy) is 1. The number of phenolic OH excluding ortho intramolecular Hbond substituents is 1. The van der Waals surface area contributed by atoms with E-state index in [1.807, 2.05) is 19.9 Å². The zero-order valence-corrected chi connectivity index (χ0v) is 13.8. The highest BCUT2D eigenvalue weighted by atomic mass is 16.5. The van der Waals surface area contributed by atoms with Gasteiger partial charge in [0.25, 0.3) is 5.91 Å². The highest BCUT2D eigenvalue weighted by molar-refractivity contribution is 6.06. The number of amidine groups is 1. The van der Waals surface area contributed by atoms with Gasteiger partial charge in [0.1, 0.15) is 29.0 Å². The van der Waals surface area contributed by atoms with Gasteiger partial charge in [-0.1, -0.05) is 32.0 Å². The van der Waals surface area contributed by atoms with E-state index in [1.165, 1.54) is 19.1 Å². The van der Waals surface area contributed by atoms with Gasteiger partial charge in [-0.05, 0) is 31.2 Å². The van der Waals surface area contributed by atoms with Gasteiger partial charge in [0.05, 0.1) is 5.56 Å². The van der Waals surface area contributed by atoms with Crippen LogP contribution in [0.4, 0.5) is 0 Å². The number of hydrogen-bond acceptors (Lipinski definition) is 4. The Balaban J connectivity index is 0.00000139. The fourth-order valence-corrected chi connectivity index (χ4v) is 1.80. The lowest BCUT2D eigenvalue weighted by molar-refractivity contribution is 0.0998. The second kappa shape index (κ2) is 8.96. The van der Waals surface area contributed by atoms with Crippen molar-refractivity contribution in [3.05, 3.63) is 53.6 Å². The minimum Gasteiger partial charge on any atom is -0.507 e. The number of para-hydroxylation sites is 1. The predicted molar refractivity (Wildman–Crippen MR) is 92.3 cm³/mol. The van der Waals surface area contributed by atoms with Gasteiger partial charge in [-0.25, -0.2) is 0 Å². The monoisotopic (exact) mass is 325 g/mol. The number of hydrogen-bond donors (Lipinski definition) is 2. The number of aromatic hydroxyl groups is 1. The number of nitrogens with zero attached hydrogens (tertiary/aromatic N) is 2. The van der Waals surface area contributed by atoms with Crippen LogP contribution in [-0.4, -0.2) is 16.8 Å². The Morgan fingerprint density at radius 2 is 1.83 bits per heavy atom. The molecule has 1 amide bonds. The molecule has 0 aliphatic carbocycles. The topological polar surface area (TPSA) is 109 Å². The van der Waals surface area contributed by atoms with E-state index in [1.54, 1.807) is 30.3 Å². The molecule has 0 radical (unpaired) electrons. The number of phenols is 1. The number of carbonyl (C=O) groups is 1. The van der Waals surface area contributed by atoms with E-state index in [0.29, 0.717) is 5.75 Å². The van der Waals surface area contributed by atoms with E-state index in [4.69, 9.17) is 10.5 Å². The lowest BCUT2D eigenvalue weighted by atomic mass is 10.1. The fourth-order valence-electron chi connectivity index (χ4n) is 1.80. The molecule has 0 aromatic heterocycles. The predicted octanol–water partition coefficient (Wildman–Crippen LogP) is 3.60. The summed E-state index contributed by atoms with van der Waals surface area (Å²) < 4.78 is 5.60. The molecule has 6 nitrogen and oxygen atoms in total. The molecule has 2 aromatic carbocycles. The maximum atomic E-state index is 12.1. The van der Waals surface area contributed by atoms with Crippen LogP contribution >= 0.6 is 0 Å². The Morgan fingerprint density at radius 1 is 1.21 bits per heavy atom. The van der Waals surface area contributed by atoms with Crippen LogP contribution in [0.2, 0.25) is 0 Å². The smallest absolute Gasteiger partial charge is 0.286 e. The van der Waals surface area contributed by atoms with E-state index in [0.717, 1.165) is 0 Å². The molecule has 124 valence electrons. The Morgan fingerprint density at radius 3 is 2.38 bits per heavy atom. The van der Waals surface area contributed by atoms with Gasteiger partial charge in [-0.3, -0.25) is 4.79 Å². The van der Waals surface area contributed by atoms with Crippen molar-refractivity contribution in [3.63, 3.8) is 0 Å². The van der Waals surface area contributed by atoms with Gasteiger partial charge in [0.2, 0.25) is 0 Å². The van der Waals surface area contributed by atoms with Crippen LogP contribution in [-0.2, 0) is 0 Å². The number of rotatable bonds is 3. The van der Waals surface area contributed by atoms with Crippen molar-refractivity contribution >= 4 is 11.7 Å². The van der Waals surface area contributed by atoms with Crippen molar-refractivity contribution in [1.82, 2.24) is 0 Å². The van der Waals surface area contributed by atoms with Crippen molar-refractivity contribution in [1.29, 1.82) is 5.26 Å². The lowest BCUT2D eigenvalue weighted by Gasteiger charge is -2.12. The Bertz CT molecular complexity index is 774. The lowest BCUT2D eigenvalue weighted by Crippen LogP contribution is -2.10. The third-order valence-electron chi connectivity index (χ3n) is 2.71. The standard InChI is InChI=1S/C16H13N3O3.C2H6/c1-10(18)19-16(21)14-13(20)8-7-11(9-17)15(14)22-12-5-3-2-4-6-12;1-2/h2-8,20H,1H3,(H2,18,19,21);1-2H3. The molecule has 0 aliphatic heterocycles. The average Bonchev–Trinajstić information content (AvgIpc) is 2.57. The molecule has 2 aromatic rings. The van der Waals surface area contributed by atoms with Gasteiger partial charge in [-0.2, -0.15) is 10.3 Å². The molecular weight excluding hydrogens is 306 g/mol. The molecular formula is C18H19N3O3. The molecule has 24 heavy (non-hydrogen) atoms. The zero-order valence-electron chi connectivity index (χ0n) is 13.8. The minimum atomic E-state index is -0.777. The molecule has 0 heterocycles. The van der Waals surface area contributed by atoms with Crippen molar-refractivity contribution in [2.24, 2.45) is 10.7 Å². The van der Waals surface area contributed by atoms with Gasteiger partial charge < -0.3 is 15.6 Å². The van der Waals surface area contributed by atoms with E-state index in [-0.39, 0.29) is 28.5 Å². The summed E-state index contributed by atoms with van der Waals surface area (Å²) in [7, 11) is 0. The second-order valence-corrected chi connectivity index (χ2v) is 4.42.